The van der Waals surface area contributed by atoms with E-state index in [9.17, 15) is 18.3 Å². The molecule has 2 rings (SSSR count). The van der Waals surface area contributed by atoms with Crippen LogP contribution in [0.3, 0.4) is 0 Å². The number of aryl methyl sites for hydroxylation is 1. The summed E-state index contributed by atoms with van der Waals surface area (Å²) in [4.78, 5) is 0. The molecular weight excluding hydrogens is 291 g/mol. The van der Waals surface area contributed by atoms with Crippen molar-refractivity contribution in [1.29, 1.82) is 0 Å². The van der Waals surface area contributed by atoms with E-state index < -0.39 is 23.5 Å². The summed E-state index contributed by atoms with van der Waals surface area (Å²) in [5.74, 6) is -4.04. The van der Waals surface area contributed by atoms with Crippen molar-refractivity contribution in [2.45, 2.75) is 25.9 Å². The van der Waals surface area contributed by atoms with Crippen LogP contribution in [0.15, 0.2) is 36.4 Å². The van der Waals surface area contributed by atoms with Gasteiger partial charge in [-0.25, -0.2) is 13.2 Å². The van der Waals surface area contributed by atoms with Gasteiger partial charge >= 0.3 is 0 Å². The summed E-state index contributed by atoms with van der Waals surface area (Å²) in [5, 5.41) is 12.6. The lowest BCUT2D eigenvalue weighted by Gasteiger charge is -2.23. The van der Waals surface area contributed by atoms with Crippen LogP contribution in [-0.2, 0) is 0 Å². The van der Waals surface area contributed by atoms with Gasteiger partial charge in [-0.15, -0.1) is 0 Å². The largest absolute Gasteiger partial charge is 0.394 e. The van der Waals surface area contributed by atoms with Crippen molar-refractivity contribution in [2.24, 2.45) is 0 Å². The van der Waals surface area contributed by atoms with Crippen LogP contribution in [0.4, 0.5) is 13.2 Å². The van der Waals surface area contributed by atoms with Crippen LogP contribution in [-0.4, -0.2) is 11.7 Å². The highest BCUT2D eigenvalue weighted by Crippen LogP contribution is 2.23. The first-order valence-electron chi connectivity index (χ1n) is 7.00. The average Bonchev–Trinajstić information content (AvgIpc) is 2.50. The second-order valence-electron chi connectivity index (χ2n) is 5.33. The highest BCUT2D eigenvalue weighted by Gasteiger charge is 2.19. The van der Waals surface area contributed by atoms with Crippen molar-refractivity contribution in [3.8, 4) is 0 Å². The zero-order chi connectivity index (χ0) is 16.3. The van der Waals surface area contributed by atoms with Gasteiger partial charge in [-0.1, -0.05) is 29.8 Å². The Labute approximate surface area is 127 Å². The normalized spacial score (nSPS) is 13.9. The van der Waals surface area contributed by atoms with E-state index in [1.165, 1.54) is 0 Å². The molecule has 0 saturated carbocycles. The lowest BCUT2D eigenvalue weighted by molar-refractivity contribution is 0.234. The van der Waals surface area contributed by atoms with E-state index in [4.69, 9.17) is 0 Å². The second-order valence-corrected chi connectivity index (χ2v) is 5.33. The van der Waals surface area contributed by atoms with Gasteiger partial charge in [0.2, 0.25) is 0 Å². The molecule has 0 aliphatic heterocycles. The van der Waals surface area contributed by atoms with Crippen LogP contribution in [0.1, 0.15) is 35.7 Å². The number of aliphatic hydroxyl groups is 1. The fourth-order valence-electron chi connectivity index (χ4n) is 2.28. The molecular formula is C17H18F3NO. The van der Waals surface area contributed by atoms with Crippen molar-refractivity contribution >= 4 is 0 Å². The Balaban J connectivity index is 2.20. The Kier molecular flexibility index (Phi) is 5.21. The van der Waals surface area contributed by atoms with Crippen molar-refractivity contribution < 1.29 is 18.3 Å². The molecule has 2 aromatic rings. The Morgan fingerprint density at radius 3 is 2.05 bits per heavy atom. The predicted molar refractivity (Wildman–Crippen MR) is 78.9 cm³/mol. The molecule has 0 radical (unpaired) electrons. The predicted octanol–water partition coefficient (Wildman–Crippen LogP) is 3.80. The highest BCUT2D eigenvalue weighted by molar-refractivity contribution is 5.26. The minimum Gasteiger partial charge on any atom is -0.394 e. The van der Waals surface area contributed by atoms with Crippen LogP contribution in [0.5, 0.6) is 0 Å². The number of halogens is 3. The Morgan fingerprint density at radius 2 is 1.55 bits per heavy atom. The van der Waals surface area contributed by atoms with E-state index in [1.807, 2.05) is 38.1 Å². The van der Waals surface area contributed by atoms with Crippen molar-refractivity contribution in [1.82, 2.24) is 5.32 Å². The van der Waals surface area contributed by atoms with Crippen LogP contribution >= 0.6 is 0 Å². The summed E-state index contributed by atoms with van der Waals surface area (Å²) >= 11 is 0. The molecule has 0 heterocycles. The molecule has 0 saturated heterocycles. The minimum absolute atomic E-state index is 0.145. The average molecular weight is 309 g/mol. The molecule has 2 N–H and O–H groups in total. The zero-order valence-electron chi connectivity index (χ0n) is 12.4. The highest BCUT2D eigenvalue weighted by atomic mass is 19.2. The first-order valence-corrected chi connectivity index (χ1v) is 7.00. The molecule has 0 spiro atoms. The molecule has 22 heavy (non-hydrogen) atoms. The first kappa shape index (κ1) is 16.5. The molecule has 0 bridgehead atoms. The SMILES string of the molecule is Cc1ccc(C(C)NC(CO)c2cc(F)c(F)c(F)c2)cc1. The van der Waals surface area contributed by atoms with E-state index in [1.54, 1.807) is 0 Å². The molecule has 0 aliphatic carbocycles. The molecule has 2 atom stereocenters. The fraction of sp³-hybridized carbons (Fsp3) is 0.294. The molecule has 0 aromatic heterocycles. The summed E-state index contributed by atoms with van der Waals surface area (Å²) in [7, 11) is 0. The Bertz CT molecular complexity index is 620. The molecule has 2 nitrogen and oxygen atoms in total. The Morgan fingerprint density at radius 1 is 1.00 bits per heavy atom. The summed E-state index contributed by atoms with van der Waals surface area (Å²) in [6, 6.07) is 8.75. The smallest absolute Gasteiger partial charge is 0.194 e. The maximum absolute atomic E-state index is 13.3. The second kappa shape index (κ2) is 6.94. The van der Waals surface area contributed by atoms with Crippen LogP contribution in [0, 0.1) is 24.4 Å². The molecule has 2 unspecified atom stereocenters. The molecule has 0 amide bonds. The third-order valence-electron chi connectivity index (χ3n) is 3.62. The van der Waals surface area contributed by atoms with Crippen LogP contribution < -0.4 is 5.32 Å². The van der Waals surface area contributed by atoms with E-state index >= 15 is 0 Å². The van der Waals surface area contributed by atoms with Gasteiger partial charge < -0.3 is 10.4 Å². The van der Waals surface area contributed by atoms with E-state index in [2.05, 4.69) is 5.32 Å². The minimum atomic E-state index is -1.51. The maximum atomic E-state index is 13.3. The Hall–Kier alpha value is -1.85. The van der Waals surface area contributed by atoms with Gasteiger partial charge in [-0.05, 0) is 37.1 Å². The number of nitrogens with one attached hydrogen (secondary N) is 1. The van der Waals surface area contributed by atoms with Gasteiger partial charge in [0.05, 0.1) is 12.6 Å². The van der Waals surface area contributed by atoms with Gasteiger partial charge in [0.15, 0.2) is 17.5 Å². The van der Waals surface area contributed by atoms with E-state index in [0.717, 1.165) is 23.3 Å². The molecule has 5 heteroatoms. The number of hydrogen-bond acceptors (Lipinski definition) is 2. The van der Waals surface area contributed by atoms with Gasteiger partial charge in [0.25, 0.3) is 0 Å². The van der Waals surface area contributed by atoms with Crippen LogP contribution in [0.25, 0.3) is 0 Å². The van der Waals surface area contributed by atoms with Crippen molar-refractivity contribution in [3.63, 3.8) is 0 Å². The van der Waals surface area contributed by atoms with Gasteiger partial charge in [0.1, 0.15) is 0 Å². The third-order valence-corrected chi connectivity index (χ3v) is 3.62. The third kappa shape index (κ3) is 3.67. The fourth-order valence-corrected chi connectivity index (χ4v) is 2.28. The molecule has 0 fully saturated rings. The number of benzene rings is 2. The van der Waals surface area contributed by atoms with E-state index in [-0.39, 0.29) is 18.2 Å². The van der Waals surface area contributed by atoms with Gasteiger partial charge in [-0.2, -0.15) is 0 Å². The standard InChI is InChI=1S/C17H18F3NO/c1-10-3-5-12(6-4-10)11(2)21-16(9-22)13-7-14(18)17(20)15(19)8-13/h3-8,11,16,21-22H,9H2,1-2H3. The summed E-state index contributed by atoms with van der Waals surface area (Å²) in [6.45, 7) is 3.49. The van der Waals surface area contributed by atoms with Gasteiger partial charge in [0, 0.05) is 6.04 Å². The molecule has 118 valence electrons. The molecule has 0 aliphatic rings. The number of hydrogen-bond donors (Lipinski definition) is 2. The number of aliphatic hydroxyl groups excluding tert-OH is 1. The quantitative estimate of drug-likeness (QED) is 0.824. The van der Waals surface area contributed by atoms with E-state index in [0.29, 0.717) is 0 Å². The monoisotopic (exact) mass is 309 g/mol. The van der Waals surface area contributed by atoms with Crippen molar-refractivity contribution in [2.75, 3.05) is 6.61 Å². The topological polar surface area (TPSA) is 32.3 Å². The lowest BCUT2D eigenvalue weighted by Crippen LogP contribution is -2.27. The lowest BCUT2D eigenvalue weighted by atomic mass is 10.0. The summed E-state index contributed by atoms with van der Waals surface area (Å²) < 4.78 is 39.6. The first-order chi connectivity index (χ1) is 10.4. The van der Waals surface area contributed by atoms with Gasteiger partial charge in [-0.3, -0.25) is 0 Å². The number of rotatable bonds is 5. The summed E-state index contributed by atoms with van der Waals surface area (Å²) in [5.41, 5.74) is 2.27. The van der Waals surface area contributed by atoms with Crippen LogP contribution in [0.2, 0.25) is 0 Å². The zero-order valence-corrected chi connectivity index (χ0v) is 12.4. The van der Waals surface area contributed by atoms with Crippen molar-refractivity contribution in [3.05, 3.63) is 70.5 Å². The summed E-state index contributed by atoms with van der Waals surface area (Å²) in [6.07, 6.45) is 0. The molecule has 2 aromatic carbocycles. The maximum Gasteiger partial charge on any atom is 0.194 e.